The summed E-state index contributed by atoms with van der Waals surface area (Å²) in [6.45, 7) is 0. The van der Waals surface area contributed by atoms with Crippen LogP contribution in [0.4, 0.5) is 5.13 Å². The number of nitrogens with zero attached hydrogens (tertiary/aromatic N) is 3. The fourth-order valence-electron chi connectivity index (χ4n) is 1.42. The SMILES string of the molecule is COc1ccc(Br)cc1C=NNC(=O)CSc1nnc(N)s1. The third kappa shape index (κ3) is 4.97. The minimum Gasteiger partial charge on any atom is -0.496 e. The standard InChI is InChI=1S/C12H12BrN5O2S2/c1-20-9-3-2-8(13)4-7(9)5-15-16-10(19)6-21-12-18-17-11(14)22-12/h2-5H,6H2,1H3,(H2,14,17)(H,16,19). The zero-order valence-electron chi connectivity index (χ0n) is 11.4. The van der Waals surface area contributed by atoms with Gasteiger partial charge in [-0.3, -0.25) is 4.79 Å². The molecule has 22 heavy (non-hydrogen) atoms. The number of amides is 1. The third-order valence-electron chi connectivity index (χ3n) is 2.33. The summed E-state index contributed by atoms with van der Waals surface area (Å²) in [5, 5.41) is 11.8. The first-order chi connectivity index (χ1) is 10.6. The van der Waals surface area contributed by atoms with Crippen LogP contribution in [0.1, 0.15) is 5.56 Å². The van der Waals surface area contributed by atoms with Crippen molar-refractivity contribution in [1.29, 1.82) is 0 Å². The number of carbonyl (C=O) groups excluding carboxylic acids is 1. The first-order valence-electron chi connectivity index (χ1n) is 5.95. The Morgan fingerprint density at radius 2 is 2.41 bits per heavy atom. The molecule has 0 aliphatic heterocycles. The first kappa shape index (κ1) is 16.7. The predicted octanol–water partition coefficient (Wildman–Crippen LogP) is 2.13. The summed E-state index contributed by atoms with van der Waals surface area (Å²) in [7, 11) is 1.57. The Kier molecular flexibility index (Phi) is 6.16. The zero-order valence-corrected chi connectivity index (χ0v) is 14.7. The van der Waals surface area contributed by atoms with Gasteiger partial charge < -0.3 is 10.5 Å². The summed E-state index contributed by atoms with van der Waals surface area (Å²) in [6.07, 6.45) is 1.52. The molecule has 0 fully saturated rings. The Bertz CT molecular complexity index is 692. The average molecular weight is 402 g/mol. The predicted molar refractivity (Wildman–Crippen MR) is 91.5 cm³/mol. The number of aromatic nitrogens is 2. The summed E-state index contributed by atoms with van der Waals surface area (Å²) in [5.41, 5.74) is 8.66. The van der Waals surface area contributed by atoms with Crippen molar-refractivity contribution in [2.45, 2.75) is 4.34 Å². The van der Waals surface area contributed by atoms with Crippen molar-refractivity contribution in [2.75, 3.05) is 18.6 Å². The molecular weight excluding hydrogens is 390 g/mol. The van der Waals surface area contributed by atoms with Crippen molar-refractivity contribution in [3.05, 3.63) is 28.2 Å². The van der Waals surface area contributed by atoms with E-state index in [1.54, 1.807) is 7.11 Å². The summed E-state index contributed by atoms with van der Waals surface area (Å²) in [6, 6.07) is 5.51. The van der Waals surface area contributed by atoms with Gasteiger partial charge in [0.05, 0.1) is 19.1 Å². The van der Waals surface area contributed by atoms with Gasteiger partial charge in [-0.15, -0.1) is 10.2 Å². The molecule has 0 aliphatic carbocycles. The van der Waals surface area contributed by atoms with Crippen molar-refractivity contribution < 1.29 is 9.53 Å². The molecule has 1 aromatic carbocycles. The zero-order chi connectivity index (χ0) is 15.9. The van der Waals surface area contributed by atoms with Crippen molar-refractivity contribution in [1.82, 2.24) is 15.6 Å². The van der Waals surface area contributed by atoms with Crippen LogP contribution in [0.25, 0.3) is 0 Å². The number of rotatable bonds is 6. The Morgan fingerprint density at radius 3 is 3.09 bits per heavy atom. The molecule has 0 spiro atoms. The molecule has 3 N–H and O–H groups in total. The van der Waals surface area contributed by atoms with Gasteiger partial charge in [0.2, 0.25) is 5.13 Å². The molecule has 0 bridgehead atoms. The van der Waals surface area contributed by atoms with Gasteiger partial charge in [0, 0.05) is 10.0 Å². The van der Waals surface area contributed by atoms with Gasteiger partial charge >= 0.3 is 0 Å². The Labute approximate surface area is 143 Å². The molecule has 0 unspecified atom stereocenters. The number of anilines is 1. The normalized spacial score (nSPS) is 10.8. The lowest BCUT2D eigenvalue weighted by Crippen LogP contribution is -2.19. The second kappa shape index (κ2) is 8.11. The van der Waals surface area contributed by atoms with Gasteiger partial charge in [-0.2, -0.15) is 5.10 Å². The molecule has 2 rings (SSSR count). The molecule has 2 aromatic rings. The smallest absolute Gasteiger partial charge is 0.250 e. The largest absolute Gasteiger partial charge is 0.496 e. The number of hydrazone groups is 1. The summed E-state index contributed by atoms with van der Waals surface area (Å²) >= 11 is 5.86. The highest BCUT2D eigenvalue weighted by Crippen LogP contribution is 2.23. The van der Waals surface area contributed by atoms with Crippen LogP contribution >= 0.6 is 39.0 Å². The lowest BCUT2D eigenvalue weighted by atomic mass is 10.2. The summed E-state index contributed by atoms with van der Waals surface area (Å²) in [5.74, 6) is 0.602. The van der Waals surface area contributed by atoms with Gasteiger partial charge in [-0.25, -0.2) is 5.43 Å². The van der Waals surface area contributed by atoms with E-state index in [0.717, 1.165) is 10.0 Å². The first-order valence-corrected chi connectivity index (χ1v) is 8.55. The van der Waals surface area contributed by atoms with E-state index in [1.165, 1.54) is 29.3 Å². The number of thioether (sulfide) groups is 1. The number of nitrogen functional groups attached to an aromatic ring is 1. The van der Waals surface area contributed by atoms with Crippen molar-refractivity contribution in [2.24, 2.45) is 5.10 Å². The number of nitrogens with one attached hydrogen (secondary N) is 1. The minimum atomic E-state index is -0.246. The quantitative estimate of drug-likeness (QED) is 0.436. The number of methoxy groups -OCH3 is 1. The molecule has 0 saturated carbocycles. The van der Waals surface area contributed by atoms with Crippen LogP contribution in [0, 0.1) is 0 Å². The molecule has 0 aliphatic rings. The number of halogens is 1. The molecule has 1 heterocycles. The van der Waals surface area contributed by atoms with E-state index in [4.69, 9.17) is 10.5 Å². The van der Waals surface area contributed by atoms with Crippen LogP contribution < -0.4 is 15.9 Å². The number of nitrogens with two attached hydrogens (primary N) is 1. The highest BCUT2D eigenvalue weighted by molar-refractivity contribution is 9.10. The number of hydrogen-bond acceptors (Lipinski definition) is 8. The minimum absolute atomic E-state index is 0.182. The van der Waals surface area contributed by atoms with E-state index >= 15 is 0 Å². The fourth-order valence-corrected chi connectivity index (χ4v) is 3.23. The molecule has 7 nitrogen and oxygen atoms in total. The van der Waals surface area contributed by atoms with Crippen molar-refractivity contribution in [3.8, 4) is 5.75 Å². The molecule has 0 atom stereocenters. The number of hydrogen-bond donors (Lipinski definition) is 2. The molecular formula is C12H12BrN5O2S2. The van der Waals surface area contributed by atoms with Crippen LogP contribution in [-0.4, -0.2) is 35.2 Å². The maximum atomic E-state index is 11.7. The molecule has 1 amide bonds. The summed E-state index contributed by atoms with van der Waals surface area (Å²) in [4.78, 5) is 11.7. The van der Waals surface area contributed by atoms with Crippen LogP contribution in [-0.2, 0) is 4.79 Å². The van der Waals surface area contributed by atoms with E-state index in [0.29, 0.717) is 15.2 Å². The molecule has 0 radical (unpaired) electrons. The molecule has 116 valence electrons. The van der Waals surface area contributed by atoms with Crippen LogP contribution in [0.3, 0.4) is 0 Å². The Balaban J connectivity index is 1.86. The second-order valence-electron chi connectivity index (χ2n) is 3.87. The lowest BCUT2D eigenvalue weighted by Gasteiger charge is -2.04. The number of ether oxygens (including phenoxy) is 1. The second-order valence-corrected chi connectivity index (χ2v) is 7.02. The average Bonchev–Trinajstić information content (AvgIpc) is 2.91. The number of carbonyl (C=O) groups is 1. The Morgan fingerprint density at radius 1 is 1.59 bits per heavy atom. The molecule has 1 aromatic heterocycles. The van der Waals surface area contributed by atoms with Crippen LogP contribution in [0.5, 0.6) is 5.75 Å². The van der Waals surface area contributed by atoms with Gasteiger partial charge in [0.1, 0.15) is 5.75 Å². The van der Waals surface area contributed by atoms with E-state index in [9.17, 15) is 4.79 Å². The molecule has 0 saturated heterocycles. The maximum Gasteiger partial charge on any atom is 0.250 e. The van der Waals surface area contributed by atoms with E-state index < -0.39 is 0 Å². The van der Waals surface area contributed by atoms with E-state index in [2.05, 4.69) is 36.7 Å². The highest BCUT2D eigenvalue weighted by atomic mass is 79.9. The van der Waals surface area contributed by atoms with Gasteiger partial charge in [-0.1, -0.05) is 39.0 Å². The third-order valence-corrected chi connectivity index (χ3v) is 4.71. The van der Waals surface area contributed by atoms with Gasteiger partial charge in [0.25, 0.3) is 5.91 Å². The van der Waals surface area contributed by atoms with Gasteiger partial charge in [0.15, 0.2) is 4.34 Å². The van der Waals surface area contributed by atoms with E-state index in [-0.39, 0.29) is 11.7 Å². The summed E-state index contributed by atoms with van der Waals surface area (Å²) < 4.78 is 6.75. The fraction of sp³-hybridized carbons (Fsp3) is 0.167. The Hall–Kier alpha value is -1.65. The van der Waals surface area contributed by atoms with E-state index in [1.807, 2.05) is 18.2 Å². The maximum absolute atomic E-state index is 11.7. The monoisotopic (exact) mass is 401 g/mol. The molecule has 10 heteroatoms. The van der Waals surface area contributed by atoms with Crippen LogP contribution in [0.15, 0.2) is 32.1 Å². The van der Waals surface area contributed by atoms with Crippen molar-refractivity contribution >= 4 is 56.3 Å². The lowest BCUT2D eigenvalue weighted by molar-refractivity contribution is -0.118. The van der Waals surface area contributed by atoms with Crippen molar-refractivity contribution in [3.63, 3.8) is 0 Å². The highest BCUT2D eigenvalue weighted by Gasteiger charge is 2.06. The topological polar surface area (TPSA) is 102 Å². The number of benzene rings is 1. The van der Waals surface area contributed by atoms with Gasteiger partial charge in [-0.05, 0) is 18.2 Å². The van der Waals surface area contributed by atoms with Crippen LogP contribution in [0.2, 0.25) is 0 Å².